The third kappa shape index (κ3) is 4.10. The van der Waals surface area contributed by atoms with E-state index in [1.165, 1.54) is 60.9 Å². The van der Waals surface area contributed by atoms with E-state index < -0.39 is 0 Å². The van der Waals surface area contributed by atoms with E-state index in [1.54, 1.807) is 0 Å². The molecule has 0 radical (unpaired) electrons. The van der Waals surface area contributed by atoms with Crippen LogP contribution in [0.2, 0.25) is 5.02 Å². The molecule has 0 saturated heterocycles. The van der Waals surface area contributed by atoms with E-state index in [-0.39, 0.29) is 0 Å². The molecule has 0 fully saturated rings. The first-order valence-corrected chi connectivity index (χ1v) is 16.9. The smallest absolute Gasteiger partial charge is 0.0890 e. The fourth-order valence-corrected chi connectivity index (χ4v) is 10.2. The van der Waals surface area contributed by atoms with Crippen LogP contribution in [0.4, 0.5) is 17.1 Å². The lowest BCUT2D eigenvalue weighted by atomic mass is 9.99. The van der Waals surface area contributed by atoms with Gasteiger partial charge in [0, 0.05) is 67.8 Å². The van der Waals surface area contributed by atoms with Crippen LogP contribution in [0.15, 0.2) is 133 Å². The van der Waals surface area contributed by atoms with Crippen molar-refractivity contribution in [3.05, 3.63) is 138 Å². The molecule has 0 N–H and O–H groups in total. The normalized spacial score (nSPS) is 11.8. The van der Waals surface area contributed by atoms with Gasteiger partial charge in [-0.3, -0.25) is 0 Å². The minimum absolute atomic E-state index is 0.783. The van der Waals surface area contributed by atoms with Gasteiger partial charge in [0.25, 0.3) is 0 Å². The summed E-state index contributed by atoms with van der Waals surface area (Å²) in [4.78, 5) is 2.38. The van der Waals surface area contributed by atoms with Crippen LogP contribution in [0.1, 0.15) is 0 Å². The minimum atomic E-state index is 0.783. The maximum Gasteiger partial charge on any atom is 0.0890 e. The molecule has 3 heterocycles. The third-order valence-corrected chi connectivity index (χ3v) is 11.9. The predicted octanol–water partition coefficient (Wildman–Crippen LogP) is 13.4. The van der Waals surface area contributed by atoms with Crippen LogP contribution in [-0.2, 0) is 0 Å². The second-order valence-corrected chi connectivity index (χ2v) is 14.6. The van der Waals surface area contributed by atoms with Crippen molar-refractivity contribution in [3.63, 3.8) is 0 Å². The van der Waals surface area contributed by atoms with Crippen LogP contribution in [0, 0.1) is 0 Å². The molecule has 3 aromatic heterocycles. The molecule has 0 amide bonds. The summed E-state index contributed by atoms with van der Waals surface area (Å²) >= 11 is 12.0. The number of halogens is 1. The maximum absolute atomic E-state index is 6.41. The van der Waals surface area contributed by atoms with Gasteiger partial charge in [-0.05, 0) is 71.8 Å². The Morgan fingerprint density at radius 1 is 0.442 bits per heavy atom. The molecule has 0 aliphatic heterocycles. The summed E-state index contributed by atoms with van der Waals surface area (Å²) in [6.07, 6.45) is 0. The molecule has 0 atom stereocenters. The lowest BCUT2D eigenvalue weighted by Gasteiger charge is -2.25. The van der Waals surface area contributed by atoms with Gasteiger partial charge in [-0.25, -0.2) is 0 Å². The van der Waals surface area contributed by atoms with Gasteiger partial charge in [-0.1, -0.05) is 84.4 Å². The molecule has 0 spiro atoms. The van der Waals surface area contributed by atoms with Gasteiger partial charge in [0.2, 0.25) is 0 Å². The lowest BCUT2D eigenvalue weighted by molar-refractivity contribution is 1.30. The SMILES string of the molecule is Clc1ccc2sc3sc4cc(N(c5ccccc5)c5ccc6c(c5)sc5cccc(-c7ccccc7)c56)ccc4c3c2c1. The Hall–Kier alpha value is -4.19. The van der Waals surface area contributed by atoms with E-state index in [2.05, 4.69) is 132 Å². The van der Waals surface area contributed by atoms with Crippen molar-refractivity contribution in [1.82, 2.24) is 0 Å². The van der Waals surface area contributed by atoms with E-state index in [9.17, 15) is 0 Å². The number of hydrogen-bond acceptors (Lipinski definition) is 4. The summed E-state index contributed by atoms with van der Waals surface area (Å²) in [6.45, 7) is 0. The highest BCUT2D eigenvalue weighted by Gasteiger charge is 2.19. The Balaban J connectivity index is 1.22. The standard InChI is InChI=1S/C38H22ClNS3/c39-24-14-19-32-31(20-24)37-30-18-16-27(22-35(30)43-38(37)42-32)40(25-10-5-2-6-11-25)26-15-17-29-34(21-26)41-33-13-7-12-28(36(29)33)23-8-3-1-4-9-23/h1-22H. The molecular weight excluding hydrogens is 602 g/mol. The number of nitrogens with zero attached hydrogens (tertiary/aromatic N) is 1. The molecule has 6 aromatic carbocycles. The molecule has 9 aromatic rings. The zero-order valence-corrected chi connectivity index (χ0v) is 26.0. The zero-order valence-electron chi connectivity index (χ0n) is 22.8. The van der Waals surface area contributed by atoms with Gasteiger partial charge in [0.05, 0.1) is 4.01 Å². The first kappa shape index (κ1) is 25.3. The first-order chi connectivity index (χ1) is 21.2. The van der Waals surface area contributed by atoms with Crippen LogP contribution in [-0.4, -0.2) is 0 Å². The molecule has 5 heteroatoms. The topological polar surface area (TPSA) is 3.24 Å². The molecule has 204 valence electrons. The van der Waals surface area contributed by atoms with Gasteiger partial charge < -0.3 is 4.90 Å². The highest BCUT2D eigenvalue weighted by Crippen LogP contribution is 2.48. The molecule has 9 rings (SSSR count). The number of thiophene rings is 3. The summed E-state index contributed by atoms with van der Waals surface area (Å²) in [5, 5.41) is 7.27. The second-order valence-electron chi connectivity index (χ2n) is 10.7. The third-order valence-electron chi connectivity index (χ3n) is 8.15. The zero-order chi connectivity index (χ0) is 28.5. The van der Waals surface area contributed by atoms with E-state index >= 15 is 0 Å². The van der Waals surface area contributed by atoms with Crippen LogP contribution >= 0.6 is 45.6 Å². The molecule has 0 aliphatic carbocycles. The van der Waals surface area contributed by atoms with Gasteiger partial charge in [-0.15, -0.1) is 34.0 Å². The number of rotatable bonds is 4. The van der Waals surface area contributed by atoms with Gasteiger partial charge in [0.1, 0.15) is 0 Å². The predicted molar refractivity (Wildman–Crippen MR) is 193 cm³/mol. The van der Waals surface area contributed by atoms with Gasteiger partial charge in [-0.2, -0.15) is 0 Å². The van der Waals surface area contributed by atoms with Crippen molar-refractivity contribution < 1.29 is 0 Å². The monoisotopic (exact) mass is 623 g/mol. The van der Waals surface area contributed by atoms with E-state index in [4.69, 9.17) is 11.6 Å². The Bertz CT molecular complexity index is 2470. The van der Waals surface area contributed by atoms with Crippen LogP contribution < -0.4 is 4.90 Å². The Kier molecular flexibility index (Phi) is 5.85. The molecular formula is C38H22ClNS3. The number of hydrogen-bond donors (Lipinski definition) is 0. The fourth-order valence-electron chi connectivity index (χ4n) is 6.25. The van der Waals surface area contributed by atoms with Crippen LogP contribution in [0.3, 0.4) is 0 Å². The number of fused-ring (bicyclic) bond motifs is 8. The Morgan fingerprint density at radius 2 is 1.12 bits per heavy atom. The van der Waals surface area contributed by atoms with Crippen molar-refractivity contribution >= 4 is 112 Å². The Morgan fingerprint density at radius 3 is 1.88 bits per heavy atom. The fraction of sp³-hybridized carbons (Fsp3) is 0. The molecule has 0 saturated carbocycles. The average Bonchev–Trinajstić information content (AvgIpc) is 3.71. The van der Waals surface area contributed by atoms with Crippen molar-refractivity contribution in [1.29, 1.82) is 0 Å². The molecule has 0 bridgehead atoms. The van der Waals surface area contributed by atoms with E-state index in [0.29, 0.717) is 0 Å². The van der Waals surface area contributed by atoms with Crippen molar-refractivity contribution in [2.24, 2.45) is 0 Å². The largest absolute Gasteiger partial charge is 0.310 e. The van der Waals surface area contributed by atoms with Gasteiger partial charge in [0.15, 0.2) is 0 Å². The summed E-state index contributed by atoms with van der Waals surface area (Å²) in [5.74, 6) is 0. The average molecular weight is 624 g/mol. The quantitative estimate of drug-likeness (QED) is 0.188. The number of anilines is 3. The number of benzene rings is 6. The summed E-state index contributed by atoms with van der Waals surface area (Å²) < 4.78 is 6.52. The summed E-state index contributed by atoms with van der Waals surface area (Å²) in [5.41, 5.74) is 5.99. The van der Waals surface area contributed by atoms with Crippen LogP contribution in [0.25, 0.3) is 60.9 Å². The number of para-hydroxylation sites is 1. The first-order valence-electron chi connectivity index (χ1n) is 14.1. The maximum atomic E-state index is 6.41. The van der Waals surface area contributed by atoms with Crippen molar-refractivity contribution in [2.75, 3.05) is 4.90 Å². The highest BCUT2D eigenvalue weighted by atomic mass is 35.5. The van der Waals surface area contributed by atoms with Crippen molar-refractivity contribution in [3.8, 4) is 11.1 Å². The lowest BCUT2D eigenvalue weighted by Crippen LogP contribution is -2.09. The van der Waals surface area contributed by atoms with Gasteiger partial charge >= 0.3 is 0 Å². The Labute approximate surface area is 265 Å². The molecule has 43 heavy (non-hydrogen) atoms. The highest BCUT2D eigenvalue weighted by molar-refractivity contribution is 7.44. The molecule has 1 nitrogen and oxygen atoms in total. The van der Waals surface area contributed by atoms with Crippen LogP contribution in [0.5, 0.6) is 0 Å². The summed E-state index contributed by atoms with van der Waals surface area (Å²) in [7, 11) is 0. The second kappa shape index (κ2) is 9.94. The van der Waals surface area contributed by atoms with E-state index in [0.717, 1.165) is 22.1 Å². The van der Waals surface area contributed by atoms with E-state index in [1.807, 2.05) is 40.1 Å². The molecule has 0 aliphatic rings. The van der Waals surface area contributed by atoms with Crippen molar-refractivity contribution in [2.45, 2.75) is 0 Å². The summed E-state index contributed by atoms with van der Waals surface area (Å²) in [6, 6.07) is 48.1. The molecule has 0 unspecified atom stereocenters. The minimum Gasteiger partial charge on any atom is -0.310 e.